The van der Waals surface area contributed by atoms with E-state index in [1.165, 1.54) is 0 Å². The maximum atomic E-state index is 13.1. The number of H-pyrrole nitrogens is 1. The van der Waals surface area contributed by atoms with E-state index in [1.807, 2.05) is 24.3 Å². The Hall–Kier alpha value is -3.48. The molecule has 11 N–H and O–H groups in total. The molecular formula is C25H39N7O5. The molecule has 0 aliphatic heterocycles. The fraction of sp³-hybridized carbons (Fsp3) is 0.520. The molecule has 0 unspecified atom stereocenters. The second-order valence-corrected chi connectivity index (χ2v) is 8.98. The Balaban J connectivity index is 2.05. The SMILES string of the molecule is NCCCC[C@H](NC(=O)CNC(=O)[C@H](Cc1c[nH]c2ccccc12)NC(=O)[C@@H](N)CCCCN)C(=O)O. The second kappa shape index (κ2) is 15.6. The number of nitrogens with two attached hydrogens (primary N) is 3. The van der Waals surface area contributed by atoms with Crippen LogP contribution in [0.4, 0.5) is 0 Å². The summed E-state index contributed by atoms with van der Waals surface area (Å²) in [6, 6.07) is 4.67. The Morgan fingerprint density at radius 2 is 1.57 bits per heavy atom. The third kappa shape index (κ3) is 9.83. The van der Waals surface area contributed by atoms with Crippen molar-refractivity contribution < 1.29 is 24.3 Å². The van der Waals surface area contributed by atoms with Crippen LogP contribution < -0.4 is 33.2 Å². The summed E-state index contributed by atoms with van der Waals surface area (Å²) < 4.78 is 0. The minimum absolute atomic E-state index is 0.162. The van der Waals surface area contributed by atoms with Gasteiger partial charge in [0.05, 0.1) is 12.6 Å². The lowest BCUT2D eigenvalue weighted by Gasteiger charge is -2.21. The van der Waals surface area contributed by atoms with Crippen LogP contribution in [-0.2, 0) is 25.6 Å². The van der Waals surface area contributed by atoms with Gasteiger partial charge < -0.3 is 43.2 Å². The van der Waals surface area contributed by atoms with Crippen molar-refractivity contribution in [3.05, 3.63) is 36.0 Å². The molecule has 0 aliphatic rings. The smallest absolute Gasteiger partial charge is 0.326 e. The first-order valence-corrected chi connectivity index (χ1v) is 12.6. The number of unbranched alkanes of at least 4 members (excludes halogenated alkanes) is 2. The highest BCUT2D eigenvalue weighted by Crippen LogP contribution is 2.19. The summed E-state index contributed by atoms with van der Waals surface area (Å²) >= 11 is 0. The maximum Gasteiger partial charge on any atom is 0.326 e. The lowest BCUT2D eigenvalue weighted by atomic mass is 10.0. The third-order valence-electron chi connectivity index (χ3n) is 6.04. The number of nitrogens with one attached hydrogen (secondary N) is 4. The number of carboxylic acids is 1. The topological polar surface area (TPSA) is 218 Å². The Morgan fingerprint density at radius 3 is 2.24 bits per heavy atom. The highest BCUT2D eigenvalue weighted by atomic mass is 16.4. The summed E-state index contributed by atoms with van der Waals surface area (Å²) in [6.07, 6.45) is 5.18. The van der Waals surface area contributed by atoms with Crippen molar-refractivity contribution in [1.29, 1.82) is 0 Å². The molecule has 1 aromatic carbocycles. The highest BCUT2D eigenvalue weighted by molar-refractivity contribution is 5.93. The molecule has 0 fully saturated rings. The average molecular weight is 518 g/mol. The molecule has 3 amide bonds. The normalized spacial score (nSPS) is 13.5. The largest absolute Gasteiger partial charge is 0.480 e. The number of aliphatic carboxylic acids is 1. The van der Waals surface area contributed by atoms with Gasteiger partial charge in [0.2, 0.25) is 17.7 Å². The minimum Gasteiger partial charge on any atom is -0.480 e. The van der Waals surface area contributed by atoms with Crippen molar-refractivity contribution in [2.45, 2.75) is 63.1 Å². The van der Waals surface area contributed by atoms with E-state index >= 15 is 0 Å². The molecule has 0 saturated carbocycles. The Labute approximate surface area is 216 Å². The molecule has 12 heteroatoms. The van der Waals surface area contributed by atoms with Crippen LogP contribution in [-0.4, -0.2) is 71.5 Å². The van der Waals surface area contributed by atoms with Crippen molar-refractivity contribution in [3.8, 4) is 0 Å². The molecule has 1 heterocycles. The van der Waals surface area contributed by atoms with Crippen molar-refractivity contribution in [2.75, 3.05) is 19.6 Å². The number of hydrogen-bond donors (Lipinski definition) is 8. The number of fused-ring (bicyclic) bond motifs is 1. The van der Waals surface area contributed by atoms with Crippen molar-refractivity contribution >= 4 is 34.6 Å². The van der Waals surface area contributed by atoms with Crippen LogP contribution in [0.1, 0.15) is 44.1 Å². The van der Waals surface area contributed by atoms with Crippen LogP contribution in [0, 0.1) is 0 Å². The molecule has 12 nitrogen and oxygen atoms in total. The van der Waals surface area contributed by atoms with E-state index in [2.05, 4.69) is 20.9 Å². The van der Waals surface area contributed by atoms with Gasteiger partial charge >= 0.3 is 5.97 Å². The molecule has 37 heavy (non-hydrogen) atoms. The molecule has 0 radical (unpaired) electrons. The van der Waals surface area contributed by atoms with E-state index in [1.54, 1.807) is 6.20 Å². The summed E-state index contributed by atoms with van der Waals surface area (Å²) in [5, 5.41) is 17.9. The molecule has 2 aromatic rings. The van der Waals surface area contributed by atoms with Crippen molar-refractivity contribution in [3.63, 3.8) is 0 Å². The van der Waals surface area contributed by atoms with E-state index in [4.69, 9.17) is 17.2 Å². The fourth-order valence-electron chi connectivity index (χ4n) is 3.93. The van der Waals surface area contributed by atoms with Crippen molar-refractivity contribution in [2.24, 2.45) is 17.2 Å². The van der Waals surface area contributed by atoms with Crippen LogP contribution in [0.2, 0.25) is 0 Å². The summed E-state index contributed by atoms with van der Waals surface area (Å²) in [7, 11) is 0. The van der Waals surface area contributed by atoms with Crippen LogP contribution in [0.25, 0.3) is 10.9 Å². The van der Waals surface area contributed by atoms with Crippen LogP contribution in [0.3, 0.4) is 0 Å². The predicted molar refractivity (Wildman–Crippen MR) is 140 cm³/mol. The number of aromatic nitrogens is 1. The zero-order valence-corrected chi connectivity index (χ0v) is 21.0. The fourth-order valence-corrected chi connectivity index (χ4v) is 3.93. The molecule has 3 atom stereocenters. The Morgan fingerprint density at radius 1 is 0.892 bits per heavy atom. The van der Waals surface area contributed by atoms with E-state index in [0.29, 0.717) is 38.8 Å². The number of hydrogen-bond acceptors (Lipinski definition) is 7. The van der Waals surface area contributed by atoms with Crippen LogP contribution in [0.15, 0.2) is 30.5 Å². The zero-order chi connectivity index (χ0) is 27.2. The monoisotopic (exact) mass is 517 g/mol. The summed E-state index contributed by atoms with van der Waals surface area (Å²) in [4.78, 5) is 52.7. The second-order valence-electron chi connectivity index (χ2n) is 8.98. The van der Waals surface area contributed by atoms with Gasteiger partial charge in [-0.2, -0.15) is 0 Å². The van der Waals surface area contributed by atoms with E-state index < -0.39 is 48.4 Å². The molecule has 0 saturated heterocycles. The number of benzene rings is 1. The molecule has 204 valence electrons. The predicted octanol–water partition coefficient (Wildman–Crippen LogP) is -0.534. The standard InChI is InChI=1S/C25H39N7O5/c26-11-5-3-8-18(28)23(34)32-21(13-16-14-29-19-9-2-1-7-17(16)19)24(35)30-15-22(33)31-20(25(36)37)10-4-6-12-27/h1-2,7,9,14,18,20-21,29H,3-6,8,10-13,15,26-28H2,(H,30,35)(H,31,33)(H,32,34)(H,36,37)/t18-,20-,21-/m0/s1. The molecule has 1 aromatic heterocycles. The van der Waals surface area contributed by atoms with Gasteiger partial charge in [0, 0.05) is 23.5 Å². The Kier molecular flexibility index (Phi) is 12.5. The van der Waals surface area contributed by atoms with Gasteiger partial charge in [0.1, 0.15) is 12.1 Å². The van der Waals surface area contributed by atoms with Crippen LogP contribution >= 0.6 is 0 Å². The van der Waals surface area contributed by atoms with E-state index in [9.17, 15) is 24.3 Å². The van der Waals surface area contributed by atoms with Gasteiger partial charge in [-0.05, 0) is 56.8 Å². The molecule has 0 bridgehead atoms. The highest BCUT2D eigenvalue weighted by Gasteiger charge is 2.26. The lowest BCUT2D eigenvalue weighted by Crippen LogP contribution is -2.54. The number of aromatic amines is 1. The summed E-state index contributed by atoms with van der Waals surface area (Å²) in [5.74, 6) is -2.88. The quantitative estimate of drug-likeness (QED) is 0.127. The third-order valence-corrected chi connectivity index (χ3v) is 6.04. The van der Waals surface area contributed by atoms with Gasteiger partial charge in [0.15, 0.2) is 0 Å². The van der Waals surface area contributed by atoms with Crippen molar-refractivity contribution in [1.82, 2.24) is 20.9 Å². The number of para-hydroxylation sites is 1. The average Bonchev–Trinajstić information content (AvgIpc) is 3.29. The lowest BCUT2D eigenvalue weighted by molar-refractivity contribution is -0.142. The van der Waals surface area contributed by atoms with E-state index in [0.717, 1.165) is 22.9 Å². The van der Waals surface area contributed by atoms with Gasteiger partial charge in [-0.25, -0.2) is 4.79 Å². The maximum absolute atomic E-state index is 13.1. The first-order valence-electron chi connectivity index (χ1n) is 12.6. The minimum atomic E-state index is -1.16. The summed E-state index contributed by atoms with van der Waals surface area (Å²) in [6.45, 7) is 0.483. The number of carbonyl (C=O) groups is 4. The van der Waals surface area contributed by atoms with Gasteiger partial charge in [-0.15, -0.1) is 0 Å². The van der Waals surface area contributed by atoms with E-state index in [-0.39, 0.29) is 12.8 Å². The number of amides is 3. The molecule has 2 rings (SSSR count). The number of rotatable bonds is 17. The molecule has 0 spiro atoms. The molecule has 0 aliphatic carbocycles. The summed E-state index contributed by atoms with van der Waals surface area (Å²) in [5.41, 5.74) is 18.6. The number of carbonyl (C=O) groups excluding carboxylic acids is 3. The molecular weight excluding hydrogens is 478 g/mol. The first kappa shape index (κ1) is 29.7. The first-order chi connectivity index (χ1) is 17.8. The van der Waals surface area contributed by atoms with Crippen LogP contribution in [0.5, 0.6) is 0 Å². The Bertz CT molecular complexity index is 1040. The number of carboxylic acid groups (broad SMARTS) is 1. The van der Waals surface area contributed by atoms with Gasteiger partial charge in [-0.3, -0.25) is 14.4 Å². The van der Waals surface area contributed by atoms with Gasteiger partial charge in [0.25, 0.3) is 0 Å². The van der Waals surface area contributed by atoms with Gasteiger partial charge in [-0.1, -0.05) is 24.6 Å². The zero-order valence-electron chi connectivity index (χ0n) is 21.0.